The van der Waals surface area contributed by atoms with Gasteiger partial charge in [0.2, 0.25) is 0 Å². The largest absolute Gasteiger partial charge is 0.300 e. The second kappa shape index (κ2) is 8.39. The molecule has 1 aliphatic heterocycles. The molecule has 0 spiro atoms. The molecule has 1 fully saturated rings. The molecule has 2 heterocycles. The molecule has 1 aliphatic rings. The van der Waals surface area contributed by atoms with Crippen molar-refractivity contribution in [3.8, 4) is 11.1 Å². The third kappa shape index (κ3) is 4.39. The van der Waals surface area contributed by atoms with Crippen molar-refractivity contribution in [1.82, 2.24) is 25.7 Å². The summed E-state index contributed by atoms with van der Waals surface area (Å²) in [6.45, 7) is 2.78. The van der Waals surface area contributed by atoms with Crippen LogP contribution in [0, 0.1) is 5.92 Å². The Morgan fingerprint density at radius 1 is 1.00 bits per heavy atom. The molecule has 0 aliphatic carbocycles. The summed E-state index contributed by atoms with van der Waals surface area (Å²) in [7, 11) is 2.15. The fraction of sp³-hybridized carbons (Fsp3) is 0.273. The predicted octanol–water partition coefficient (Wildman–Crippen LogP) is 3.04. The van der Waals surface area contributed by atoms with Crippen molar-refractivity contribution in [3.05, 3.63) is 84.4 Å². The van der Waals surface area contributed by atoms with Crippen molar-refractivity contribution in [2.24, 2.45) is 5.92 Å². The lowest BCUT2D eigenvalue weighted by Gasteiger charge is -2.24. The number of hydrazine groups is 1. The average Bonchev–Trinajstić information content (AvgIpc) is 3.17. The highest BCUT2D eigenvalue weighted by atomic mass is 15.4. The van der Waals surface area contributed by atoms with Crippen molar-refractivity contribution in [2.45, 2.75) is 12.6 Å². The smallest absolute Gasteiger partial charge is 0.115 e. The molecule has 2 N–H and O–H groups in total. The van der Waals surface area contributed by atoms with Gasteiger partial charge in [0.15, 0.2) is 0 Å². The maximum Gasteiger partial charge on any atom is 0.115 e. The van der Waals surface area contributed by atoms with Crippen LogP contribution in [0.3, 0.4) is 0 Å². The van der Waals surface area contributed by atoms with E-state index >= 15 is 0 Å². The zero-order chi connectivity index (χ0) is 18.5. The molecule has 3 aromatic rings. The molecule has 1 saturated heterocycles. The zero-order valence-electron chi connectivity index (χ0n) is 15.5. The molecule has 27 heavy (non-hydrogen) atoms. The first-order valence-electron chi connectivity index (χ1n) is 9.37. The second-order valence-corrected chi connectivity index (χ2v) is 7.15. The van der Waals surface area contributed by atoms with Crippen LogP contribution in [0.1, 0.15) is 17.3 Å². The van der Waals surface area contributed by atoms with Crippen LogP contribution in [0.5, 0.6) is 0 Å². The zero-order valence-corrected chi connectivity index (χ0v) is 15.5. The minimum atomic E-state index is 0.308. The molecule has 0 radical (unpaired) electrons. The molecule has 2 aromatic carbocycles. The van der Waals surface area contributed by atoms with Gasteiger partial charge in [0.05, 0.1) is 11.7 Å². The van der Waals surface area contributed by atoms with Crippen LogP contribution in [0.4, 0.5) is 0 Å². The van der Waals surface area contributed by atoms with Gasteiger partial charge in [-0.15, -0.1) is 0 Å². The second-order valence-electron chi connectivity index (χ2n) is 7.15. The summed E-state index contributed by atoms with van der Waals surface area (Å²) in [4.78, 5) is 10.6. The molecule has 2 unspecified atom stereocenters. The molecule has 2 atom stereocenters. The predicted molar refractivity (Wildman–Crippen MR) is 108 cm³/mol. The summed E-state index contributed by atoms with van der Waals surface area (Å²) in [6, 6.07) is 21.7. The van der Waals surface area contributed by atoms with Crippen molar-refractivity contribution in [2.75, 3.05) is 20.1 Å². The third-order valence-corrected chi connectivity index (χ3v) is 5.09. The summed E-state index contributed by atoms with van der Waals surface area (Å²) >= 11 is 0. The maximum absolute atomic E-state index is 4.32. The van der Waals surface area contributed by atoms with E-state index < -0.39 is 0 Å². The van der Waals surface area contributed by atoms with E-state index in [2.05, 4.69) is 87.4 Å². The molecule has 0 saturated carbocycles. The number of hydrogen-bond donors (Lipinski definition) is 2. The van der Waals surface area contributed by atoms with Gasteiger partial charge in [-0.2, -0.15) is 0 Å². The van der Waals surface area contributed by atoms with Crippen LogP contribution in [0.25, 0.3) is 11.1 Å². The Morgan fingerprint density at radius 2 is 1.78 bits per heavy atom. The third-order valence-electron chi connectivity index (χ3n) is 5.09. The van der Waals surface area contributed by atoms with Crippen molar-refractivity contribution in [1.29, 1.82) is 0 Å². The van der Waals surface area contributed by atoms with Crippen LogP contribution < -0.4 is 10.9 Å². The molecule has 1 aromatic heterocycles. The SMILES string of the molecule is CN(Cc1ccncn1)CC1CNNC1c1ccc(-c2ccccc2)cc1. The monoisotopic (exact) mass is 359 g/mol. The van der Waals surface area contributed by atoms with Gasteiger partial charge < -0.3 is 4.90 Å². The number of aromatic nitrogens is 2. The molecular formula is C22H25N5. The van der Waals surface area contributed by atoms with Gasteiger partial charge in [0, 0.05) is 31.7 Å². The van der Waals surface area contributed by atoms with Gasteiger partial charge >= 0.3 is 0 Å². The summed E-state index contributed by atoms with van der Waals surface area (Å²) in [5, 5.41) is 0. The topological polar surface area (TPSA) is 53.1 Å². The Balaban J connectivity index is 1.42. The highest BCUT2D eigenvalue weighted by Crippen LogP contribution is 2.28. The van der Waals surface area contributed by atoms with E-state index in [9.17, 15) is 0 Å². The van der Waals surface area contributed by atoms with Gasteiger partial charge in [-0.1, -0.05) is 54.6 Å². The Morgan fingerprint density at radius 3 is 2.52 bits per heavy atom. The average molecular weight is 359 g/mol. The van der Waals surface area contributed by atoms with Gasteiger partial charge in [0.1, 0.15) is 6.33 Å². The van der Waals surface area contributed by atoms with Gasteiger partial charge in [0.25, 0.3) is 0 Å². The minimum absolute atomic E-state index is 0.308. The highest BCUT2D eigenvalue weighted by Gasteiger charge is 2.29. The van der Waals surface area contributed by atoms with Crippen LogP contribution in [-0.4, -0.2) is 35.0 Å². The number of benzene rings is 2. The summed E-state index contributed by atoms with van der Waals surface area (Å²) in [5.74, 6) is 0.499. The van der Waals surface area contributed by atoms with E-state index in [-0.39, 0.29) is 0 Å². The Bertz CT molecular complexity index is 836. The molecule has 138 valence electrons. The van der Waals surface area contributed by atoms with E-state index in [1.54, 1.807) is 12.5 Å². The van der Waals surface area contributed by atoms with Crippen molar-refractivity contribution < 1.29 is 0 Å². The lowest BCUT2D eigenvalue weighted by molar-refractivity contribution is 0.260. The Hall–Kier alpha value is -2.60. The minimum Gasteiger partial charge on any atom is -0.300 e. The maximum atomic E-state index is 4.32. The van der Waals surface area contributed by atoms with E-state index in [0.717, 1.165) is 25.3 Å². The molecule has 0 bridgehead atoms. The first-order valence-corrected chi connectivity index (χ1v) is 9.37. The van der Waals surface area contributed by atoms with E-state index in [0.29, 0.717) is 12.0 Å². The standard InChI is InChI=1S/C22H25N5/c1-27(15-21-11-12-23-16-24-21)14-20-13-25-26-22(20)19-9-7-18(8-10-19)17-5-3-2-4-6-17/h2-12,16,20,22,25-26H,13-15H2,1H3. The van der Waals surface area contributed by atoms with Crippen LogP contribution in [-0.2, 0) is 6.54 Å². The number of nitrogens with zero attached hydrogens (tertiary/aromatic N) is 3. The van der Waals surface area contributed by atoms with E-state index in [4.69, 9.17) is 0 Å². The molecule has 5 heteroatoms. The van der Waals surface area contributed by atoms with Crippen molar-refractivity contribution in [3.63, 3.8) is 0 Å². The van der Waals surface area contributed by atoms with Gasteiger partial charge in [-0.3, -0.25) is 5.43 Å². The Kier molecular flexibility index (Phi) is 5.53. The van der Waals surface area contributed by atoms with E-state index in [1.165, 1.54) is 16.7 Å². The first-order chi connectivity index (χ1) is 13.3. The summed E-state index contributed by atoms with van der Waals surface area (Å²) in [6.07, 6.45) is 3.41. The molecule has 0 amide bonds. The highest BCUT2D eigenvalue weighted by molar-refractivity contribution is 5.63. The summed E-state index contributed by atoms with van der Waals surface area (Å²) in [5.41, 5.74) is 11.7. The Labute approximate surface area is 160 Å². The molecule has 5 nitrogen and oxygen atoms in total. The van der Waals surface area contributed by atoms with Gasteiger partial charge in [-0.25, -0.2) is 15.4 Å². The lowest BCUT2D eigenvalue weighted by Crippen LogP contribution is -2.30. The normalized spacial score (nSPS) is 19.5. The van der Waals surface area contributed by atoms with Gasteiger partial charge in [-0.05, 0) is 29.8 Å². The first kappa shape index (κ1) is 17.8. The lowest BCUT2D eigenvalue weighted by atomic mass is 9.93. The number of hydrogen-bond acceptors (Lipinski definition) is 5. The summed E-state index contributed by atoms with van der Waals surface area (Å²) < 4.78 is 0. The van der Waals surface area contributed by atoms with E-state index in [1.807, 2.05) is 6.07 Å². The quantitative estimate of drug-likeness (QED) is 0.708. The molecular weight excluding hydrogens is 334 g/mol. The fourth-order valence-corrected chi connectivity index (χ4v) is 3.73. The molecule has 4 rings (SSSR count). The fourth-order valence-electron chi connectivity index (χ4n) is 3.73. The van der Waals surface area contributed by atoms with Crippen LogP contribution in [0.15, 0.2) is 73.2 Å². The number of nitrogens with one attached hydrogen (secondary N) is 2. The number of rotatable bonds is 6. The van der Waals surface area contributed by atoms with Crippen LogP contribution >= 0.6 is 0 Å². The van der Waals surface area contributed by atoms with Crippen molar-refractivity contribution >= 4 is 0 Å². The van der Waals surface area contributed by atoms with Crippen LogP contribution in [0.2, 0.25) is 0 Å².